The third-order valence-corrected chi connectivity index (χ3v) is 6.02. The molecule has 3 rings (SSSR count). The van der Waals surface area contributed by atoms with E-state index in [0.717, 1.165) is 31.0 Å². The van der Waals surface area contributed by atoms with Crippen LogP contribution in [0, 0.1) is 6.92 Å². The Balaban J connectivity index is 1.77. The van der Waals surface area contributed by atoms with Crippen LogP contribution in [0.3, 0.4) is 0 Å². The van der Waals surface area contributed by atoms with Crippen LogP contribution in [-0.4, -0.2) is 27.1 Å². The number of benzene rings is 2. The molecule has 2 aromatic rings. The van der Waals surface area contributed by atoms with Crippen molar-refractivity contribution < 1.29 is 0 Å². The van der Waals surface area contributed by atoms with Crippen molar-refractivity contribution in [1.29, 1.82) is 0 Å². The predicted molar refractivity (Wildman–Crippen MR) is 127 cm³/mol. The van der Waals surface area contributed by atoms with E-state index in [-0.39, 0.29) is 11.1 Å². The highest BCUT2D eigenvalue weighted by molar-refractivity contribution is 7.80. The molecule has 2 N–H and O–H groups in total. The number of aryl methyl sites for hydroxylation is 1. The smallest absolute Gasteiger partial charge is 0.169 e. The monoisotopic (exact) mass is 409 g/mol. The standard InChI is InChI=1S/C25H35N3S/c1-19-11-9-10-14-21(19)18-28(17-20-12-7-6-8-13-20)23(29)26-22-15-24(2,3)27-25(4,5)16-22/h6-14,22,27H,15-18H2,1-5H3,(H,26,29). The molecule has 0 saturated carbocycles. The summed E-state index contributed by atoms with van der Waals surface area (Å²) in [5.74, 6) is 0. The first kappa shape index (κ1) is 21.8. The number of hydrogen-bond acceptors (Lipinski definition) is 2. The molecular formula is C25H35N3S. The van der Waals surface area contributed by atoms with Gasteiger partial charge in [0.1, 0.15) is 0 Å². The van der Waals surface area contributed by atoms with E-state index >= 15 is 0 Å². The second-order valence-corrected chi connectivity index (χ2v) is 10.1. The topological polar surface area (TPSA) is 27.3 Å². The number of nitrogens with zero attached hydrogens (tertiary/aromatic N) is 1. The van der Waals surface area contributed by atoms with Gasteiger partial charge in [0.05, 0.1) is 0 Å². The van der Waals surface area contributed by atoms with Crippen molar-refractivity contribution in [3.8, 4) is 0 Å². The van der Waals surface area contributed by atoms with E-state index in [4.69, 9.17) is 12.2 Å². The second kappa shape index (κ2) is 8.85. The SMILES string of the molecule is Cc1ccccc1CN(Cc1ccccc1)C(=S)NC1CC(C)(C)NC(C)(C)C1. The summed E-state index contributed by atoms with van der Waals surface area (Å²) in [7, 11) is 0. The summed E-state index contributed by atoms with van der Waals surface area (Å²) in [5, 5.41) is 8.31. The lowest BCUT2D eigenvalue weighted by Crippen LogP contribution is -2.62. The van der Waals surface area contributed by atoms with Crippen LogP contribution in [0.2, 0.25) is 0 Å². The quantitative estimate of drug-likeness (QED) is 0.665. The van der Waals surface area contributed by atoms with Gasteiger partial charge in [0.25, 0.3) is 0 Å². The van der Waals surface area contributed by atoms with Crippen molar-refractivity contribution in [2.45, 2.75) is 77.7 Å². The Bertz CT molecular complexity index is 813. The number of hydrogen-bond donors (Lipinski definition) is 2. The molecule has 1 saturated heterocycles. The Labute approximate surface area is 181 Å². The van der Waals surface area contributed by atoms with Gasteiger partial charge in [-0.3, -0.25) is 0 Å². The summed E-state index contributed by atoms with van der Waals surface area (Å²) in [5.41, 5.74) is 4.08. The molecule has 2 aromatic carbocycles. The molecule has 0 aromatic heterocycles. The molecule has 3 nitrogen and oxygen atoms in total. The zero-order chi connectivity index (χ0) is 21.1. The third-order valence-electron chi connectivity index (χ3n) is 5.64. The fourth-order valence-corrected chi connectivity index (χ4v) is 4.98. The van der Waals surface area contributed by atoms with Gasteiger partial charge < -0.3 is 15.5 Å². The molecule has 0 unspecified atom stereocenters. The Kier molecular flexibility index (Phi) is 6.65. The maximum absolute atomic E-state index is 5.94. The first-order chi connectivity index (χ1) is 13.6. The molecule has 0 radical (unpaired) electrons. The number of thiocarbonyl (C=S) groups is 1. The van der Waals surface area contributed by atoms with E-state index < -0.39 is 0 Å². The van der Waals surface area contributed by atoms with Gasteiger partial charge in [-0.2, -0.15) is 0 Å². The van der Waals surface area contributed by atoms with Crippen molar-refractivity contribution in [1.82, 2.24) is 15.5 Å². The molecule has 0 spiro atoms. The van der Waals surface area contributed by atoms with Gasteiger partial charge in [-0.05, 0) is 76.4 Å². The Morgan fingerprint density at radius 1 is 0.966 bits per heavy atom. The molecule has 1 heterocycles. The van der Waals surface area contributed by atoms with E-state index in [1.165, 1.54) is 16.7 Å². The summed E-state index contributed by atoms with van der Waals surface area (Å²) < 4.78 is 0. The van der Waals surface area contributed by atoms with E-state index in [9.17, 15) is 0 Å². The highest BCUT2D eigenvalue weighted by Crippen LogP contribution is 2.28. The summed E-state index contributed by atoms with van der Waals surface area (Å²) >= 11 is 5.94. The lowest BCUT2D eigenvalue weighted by Gasteiger charge is -2.47. The average Bonchev–Trinajstić information content (AvgIpc) is 2.61. The third kappa shape index (κ3) is 6.28. The molecule has 1 aliphatic rings. The lowest BCUT2D eigenvalue weighted by atomic mass is 9.80. The molecule has 0 aliphatic carbocycles. The van der Waals surface area contributed by atoms with Gasteiger partial charge in [0.2, 0.25) is 0 Å². The summed E-state index contributed by atoms with van der Waals surface area (Å²) in [4.78, 5) is 2.30. The fourth-order valence-electron chi connectivity index (χ4n) is 4.69. The Hall–Kier alpha value is -1.91. The van der Waals surface area contributed by atoms with Gasteiger partial charge in [-0.1, -0.05) is 54.6 Å². The molecule has 4 heteroatoms. The zero-order valence-electron chi connectivity index (χ0n) is 18.5. The average molecular weight is 410 g/mol. The number of piperidine rings is 1. The minimum absolute atomic E-state index is 0.0926. The van der Waals surface area contributed by atoms with Crippen molar-refractivity contribution in [2.75, 3.05) is 0 Å². The van der Waals surface area contributed by atoms with Crippen molar-refractivity contribution in [3.05, 3.63) is 71.3 Å². The van der Waals surface area contributed by atoms with E-state index in [0.29, 0.717) is 6.04 Å². The van der Waals surface area contributed by atoms with Gasteiger partial charge in [0, 0.05) is 30.2 Å². The van der Waals surface area contributed by atoms with Gasteiger partial charge in [-0.25, -0.2) is 0 Å². The van der Waals surface area contributed by atoms with Crippen LogP contribution in [-0.2, 0) is 13.1 Å². The van der Waals surface area contributed by atoms with Crippen molar-refractivity contribution >= 4 is 17.3 Å². The van der Waals surface area contributed by atoms with Gasteiger partial charge in [-0.15, -0.1) is 0 Å². The minimum atomic E-state index is 0.0926. The van der Waals surface area contributed by atoms with Crippen LogP contribution in [0.5, 0.6) is 0 Å². The first-order valence-electron chi connectivity index (χ1n) is 10.6. The minimum Gasteiger partial charge on any atom is -0.360 e. The largest absolute Gasteiger partial charge is 0.360 e. The van der Waals surface area contributed by atoms with Crippen LogP contribution in [0.25, 0.3) is 0 Å². The lowest BCUT2D eigenvalue weighted by molar-refractivity contribution is 0.153. The molecule has 29 heavy (non-hydrogen) atoms. The normalized spacial score (nSPS) is 18.2. The highest BCUT2D eigenvalue weighted by atomic mass is 32.1. The maximum atomic E-state index is 5.94. The summed E-state index contributed by atoms with van der Waals surface area (Å²) in [6.45, 7) is 12.9. The van der Waals surface area contributed by atoms with Crippen LogP contribution in [0.4, 0.5) is 0 Å². The van der Waals surface area contributed by atoms with Crippen molar-refractivity contribution in [3.63, 3.8) is 0 Å². The summed E-state index contributed by atoms with van der Waals surface area (Å²) in [6, 6.07) is 19.5. The van der Waals surface area contributed by atoms with Crippen LogP contribution >= 0.6 is 12.2 Å². The molecular weight excluding hydrogens is 374 g/mol. The second-order valence-electron chi connectivity index (χ2n) is 9.72. The van der Waals surface area contributed by atoms with Gasteiger partial charge in [0.15, 0.2) is 5.11 Å². The van der Waals surface area contributed by atoms with Crippen LogP contribution in [0.15, 0.2) is 54.6 Å². The fraction of sp³-hybridized carbons (Fsp3) is 0.480. The molecule has 0 bridgehead atoms. The molecule has 1 aliphatic heterocycles. The highest BCUT2D eigenvalue weighted by Gasteiger charge is 2.38. The van der Waals surface area contributed by atoms with Crippen molar-refractivity contribution in [2.24, 2.45) is 0 Å². The van der Waals surface area contributed by atoms with Crippen LogP contribution < -0.4 is 10.6 Å². The first-order valence-corrected chi connectivity index (χ1v) is 11.0. The molecule has 1 fully saturated rings. The Morgan fingerprint density at radius 3 is 2.17 bits per heavy atom. The van der Waals surface area contributed by atoms with Gasteiger partial charge >= 0.3 is 0 Å². The predicted octanol–water partition coefficient (Wildman–Crippen LogP) is 5.18. The molecule has 0 atom stereocenters. The van der Waals surface area contributed by atoms with E-state index in [1.807, 2.05) is 0 Å². The van der Waals surface area contributed by atoms with E-state index in [2.05, 4.69) is 105 Å². The van der Waals surface area contributed by atoms with Crippen LogP contribution in [0.1, 0.15) is 57.2 Å². The van der Waals surface area contributed by atoms with E-state index in [1.54, 1.807) is 0 Å². The number of rotatable bonds is 5. The number of nitrogens with one attached hydrogen (secondary N) is 2. The summed E-state index contributed by atoms with van der Waals surface area (Å²) in [6.07, 6.45) is 2.11. The Morgan fingerprint density at radius 2 is 1.55 bits per heavy atom. The molecule has 156 valence electrons. The maximum Gasteiger partial charge on any atom is 0.169 e. The molecule has 0 amide bonds. The zero-order valence-corrected chi connectivity index (χ0v) is 19.3.